The number of carboxylic acid groups (broad SMARTS) is 1. The van der Waals surface area contributed by atoms with Gasteiger partial charge >= 0.3 is 5.97 Å². The Bertz CT molecular complexity index is 521. The van der Waals surface area contributed by atoms with Crippen molar-refractivity contribution in [3.63, 3.8) is 0 Å². The minimum atomic E-state index is -0.970. The van der Waals surface area contributed by atoms with E-state index in [9.17, 15) is 14.7 Å². The van der Waals surface area contributed by atoms with Gasteiger partial charge in [-0.15, -0.1) is 11.3 Å². The number of aryl methyl sites for hydroxylation is 2. The molecule has 0 aliphatic heterocycles. The average Bonchev–Trinajstić information content (AvgIpc) is 2.74. The predicted molar refractivity (Wildman–Crippen MR) is 83.4 cm³/mol. The first-order valence-electron chi connectivity index (χ1n) is 7.22. The van der Waals surface area contributed by atoms with Crippen LogP contribution in [0.2, 0.25) is 0 Å². The second-order valence-electron chi connectivity index (χ2n) is 5.44. The summed E-state index contributed by atoms with van der Waals surface area (Å²) in [6, 6.07) is -0.149. The van der Waals surface area contributed by atoms with E-state index >= 15 is 0 Å². The molecule has 1 amide bonds. The standard InChI is InChI=1S/C15H24N2O3S/c1-6-15(7-2,14(19)20)8-12(18)17-10(4)13-9(3)16-11(5)21-13/h10H,6-8H2,1-5H3,(H,17,18)(H,19,20). The third-order valence-electron chi connectivity index (χ3n) is 4.02. The van der Waals surface area contributed by atoms with Crippen molar-refractivity contribution in [1.29, 1.82) is 0 Å². The van der Waals surface area contributed by atoms with Crippen LogP contribution in [0.25, 0.3) is 0 Å². The summed E-state index contributed by atoms with van der Waals surface area (Å²) in [6.07, 6.45) is 0.898. The summed E-state index contributed by atoms with van der Waals surface area (Å²) in [4.78, 5) is 29.0. The molecule has 0 saturated carbocycles. The molecule has 0 saturated heterocycles. The smallest absolute Gasteiger partial charge is 0.310 e. The summed E-state index contributed by atoms with van der Waals surface area (Å²) in [7, 11) is 0. The quantitative estimate of drug-likeness (QED) is 0.810. The zero-order chi connectivity index (χ0) is 16.2. The Morgan fingerprint density at radius 1 is 1.33 bits per heavy atom. The Balaban J connectivity index is 2.77. The molecule has 1 unspecified atom stereocenters. The molecule has 6 heteroatoms. The monoisotopic (exact) mass is 312 g/mol. The lowest BCUT2D eigenvalue weighted by Gasteiger charge is -2.26. The molecule has 0 spiro atoms. The van der Waals surface area contributed by atoms with E-state index in [2.05, 4.69) is 10.3 Å². The molecule has 2 N–H and O–H groups in total. The van der Waals surface area contributed by atoms with E-state index in [0.29, 0.717) is 12.8 Å². The number of nitrogens with one attached hydrogen (secondary N) is 1. The number of carbonyl (C=O) groups excluding carboxylic acids is 1. The fraction of sp³-hybridized carbons (Fsp3) is 0.667. The number of hydrogen-bond donors (Lipinski definition) is 2. The van der Waals surface area contributed by atoms with Crippen LogP contribution in [-0.2, 0) is 9.59 Å². The lowest BCUT2D eigenvalue weighted by Crippen LogP contribution is -2.37. The van der Waals surface area contributed by atoms with Gasteiger partial charge in [-0.3, -0.25) is 9.59 Å². The van der Waals surface area contributed by atoms with E-state index in [1.54, 1.807) is 11.3 Å². The fourth-order valence-corrected chi connectivity index (χ4v) is 3.42. The molecule has 1 aromatic heterocycles. The first-order valence-corrected chi connectivity index (χ1v) is 8.04. The van der Waals surface area contributed by atoms with Gasteiger partial charge in [-0.05, 0) is 33.6 Å². The Kier molecular flexibility index (Phi) is 5.89. The zero-order valence-electron chi connectivity index (χ0n) is 13.3. The molecule has 118 valence electrons. The van der Waals surface area contributed by atoms with Crippen LogP contribution in [0.15, 0.2) is 0 Å². The highest BCUT2D eigenvalue weighted by atomic mass is 32.1. The number of nitrogens with zero attached hydrogens (tertiary/aromatic N) is 1. The van der Waals surface area contributed by atoms with Crippen molar-refractivity contribution in [3.8, 4) is 0 Å². The number of hydrogen-bond acceptors (Lipinski definition) is 4. The van der Waals surface area contributed by atoms with E-state index < -0.39 is 11.4 Å². The number of carboxylic acids is 1. The van der Waals surface area contributed by atoms with Gasteiger partial charge in [-0.25, -0.2) is 4.98 Å². The van der Waals surface area contributed by atoms with Gasteiger partial charge in [0.25, 0.3) is 0 Å². The molecule has 0 aromatic carbocycles. The summed E-state index contributed by atoms with van der Waals surface area (Å²) in [5.41, 5.74) is -0.0524. The molecule has 1 aromatic rings. The zero-order valence-corrected chi connectivity index (χ0v) is 14.1. The highest BCUT2D eigenvalue weighted by molar-refractivity contribution is 7.11. The summed E-state index contributed by atoms with van der Waals surface area (Å²) in [5.74, 6) is -1.13. The van der Waals surface area contributed by atoms with E-state index in [1.165, 1.54) is 0 Å². The van der Waals surface area contributed by atoms with Crippen molar-refractivity contribution in [2.75, 3.05) is 0 Å². The van der Waals surface area contributed by atoms with E-state index in [4.69, 9.17) is 0 Å². The van der Waals surface area contributed by atoms with Gasteiger partial charge in [0.05, 0.1) is 22.2 Å². The first-order chi connectivity index (χ1) is 9.75. The van der Waals surface area contributed by atoms with Crippen molar-refractivity contribution < 1.29 is 14.7 Å². The number of rotatable bonds is 7. The molecule has 1 heterocycles. The Morgan fingerprint density at radius 2 is 1.90 bits per heavy atom. The first kappa shape index (κ1) is 17.6. The topological polar surface area (TPSA) is 79.3 Å². The van der Waals surface area contributed by atoms with Crippen molar-refractivity contribution in [1.82, 2.24) is 10.3 Å². The van der Waals surface area contributed by atoms with Gasteiger partial charge in [0.1, 0.15) is 0 Å². The SMILES string of the molecule is CCC(CC)(CC(=O)NC(C)c1sc(C)nc1C)C(=O)O. The Hall–Kier alpha value is -1.43. The highest BCUT2D eigenvalue weighted by Crippen LogP contribution is 2.31. The van der Waals surface area contributed by atoms with Crippen molar-refractivity contribution in [3.05, 3.63) is 15.6 Å². The van der Waals surface area contributed by atoms with Crippen molar-refractivity contribution >= 4 is 23.2 Å². The third kappa shape index (κ3) is 4.03. The number of thiazole rings is 1. The van der Waals surface area contributed by atoms with Crippen LogP contribution in [0.3, 0.4) is 0 Å². The van der Waals surface area contributed by atoms with E-state index in [-0.39, 0.29) is 18.4 Å². The number of aromatic nitrogens is 1. The number of amides is 1. The molecular weight excluding hydrogens is 288 g/mol. The molecule has 0 bridgehead atoms. The van der Waals surface area contributed by atoms with Crippen LogP contribution in [0, 0.1) is 19.3 Å². The molecule has 0 fully saturated rings. The van der Waals surface area contributed by atoms with Crippen LogP contribution >= 0.6 is 11.3 Å². The maximum atomic E-state index is 12.2. The summed E-state index contributed by atoms with van der Waals surface area (Å²) >= 11 is 1.56. The Morgan fingerprint density at radius 3 is 2.29 bits per heavy atom. The molecule has 0 radical (unpaired) electrons. The number of aliphatic carboxylic acids is 1. The molecule has 21 heavy (non-hydrogen) atoms. The maximum absolute atomic E-state index is 12.2. The minimum absolute atomic E-state index is 0.0104. The largest absolute Gasteiger partial charge is 0.481 e. The summed E-state index contributed by atoms with van der Waals surface area (Å²) < 4.78 is 0. The molecule has 1 atom stereocenters. The van der Waals surface area contributed by atoms with Crippen LogP contribution < -0.4 is 5.32 Å². The highest BCUT2D eigenvalue weighted by Gasteiger charge is 2.37. The van der Waals surface area contributed by atoms with E-state index in [1.807, 2.05) is 34.6 Å². The van der Waals surface area contributed by atoms with Crippen LogP contribution in [0.4, 0.5) is 0 Å². The normalized spacial score (nSPS) is 13.0. The third-order valence-corrected chi connectivity index (χ3v) is 5.27. The van der Waals surface area contributed by atoms with Crippen molar-refractivity contribution in [2.45, 2.75) is 59.9 Å². The lowest BCUT2D eigenvalue weighted by molar-refractivity contribution is -0.152. The second kappa shape index (κ2) is 7.02. The Labute approximate surface area is 129 Å². The minimum Gasteiger partial charge on any atom is -0.481 e. The van der Waals surface area contributed by atoms with Gasteiger partial charge in [0.15, 0.2) is 0 Å². The summed E-state index contributed by atoms with van der Waals surface area (Å²) in [5, 5.41) is 13.2. The molecule has 0 aliphatic rings. The second-order valence-corrected chi connectivity index (χ2v) is 6.68. The van der Waals surface area contributed by atoms with Gasteiger partial charge in [-0.2, -0.15) is 0 Å². The van der Waals surface area contributed by atoms with Gasteiger partial charge in [0, 0.05) is 11.3 Å². The molecule has 1 rings (SSSR count). The average molecular weight is 312 g/mol. The van der Waals surface area contributed by atoms with Crippen LogP contribution in [-0.4, -0.2) is 22.0 Å². The van der Waals surface area contributed by atoms with Crippen LogP contribution in [0.1, 0.15) is 61.7 Å². The van der Waals surface area contributed by atoms with Crippen molar-refractivity contribution in [2.24, 2.45) is 5.41 Å². The fourth-order valence-electron chi connectivity index (χ4n) is 2.49. The predicted octanol–water partition coefficient (Wildman–Crippen LogP) is 3.22. The van der Waals surface area contributed by atoms with Gasteiger partial charge in [0.2, 0.25) is 5.91 Å². The lowest BCUT2D eigenvalue weighted by atomic mass is 9.79. The van der Waals surface area contributed by atoms with Crippen LogP contribution in [0.5, 0.6) is 0 Å². The molecule has 0 aliphatic carbocycles. The van der Waals surface area contributed by atoms with Gasteiger partial charge < -0.3 is 10.4 Å². The summed E-state index contributed by atoms with van der Waals surface area (Å²) in [6.45, 7) is 9.37. The molecular formula is C15H24N2O3S. The maximum Gasteiger partial charge on any atom is 0.310 e. The van der Waals surface area contributed by atoms with E-state index in [0.717, 1.165) is 15.6 Å². The van der Waals surface area contributed by atoms with Gasteiger partial charge in [-0.1, -0.05) is 13.8 Å². The number of carbonyl (C=O) groups is 2. The molecule has 5 nitrogen and oxygen atoms in total.